The fraction of sp³-hybridized carbons (Fsp3) is 0.238. The Morgan fingerprint density at radius 1 is 1.12 bits per heavy atom. The lowest BCUT2D eigenvalue weighted by atomic mass is 10.00. The molecule has 1 heterocycles. The quantitative estimate of drug-likeness (QED) is 0.689. The van der Waals surface area contributed by atoms with Crippen molar-refractivity contribution in [2.45, 2.75) is 25.8 Å². The first-order valence-corrected chi connectivity index (χ1v) is 8.91. The summed E-state index contributed by atoms with van der Waals surface area (Å²) in [6.45, 7) is 0.557. The Kier molecular flexibility index (Phi) is 4.18. The van der Waals surface area contributed by atoms with E-state index in [2.05, 4.69) is 0 Å². The van der Waals surface area contributed by atoms with E-state index in [-0.39, 0.29) is 5.91 Å². The van der Waals surface area contributed by atoms with Gasteiger partial charge in [-0.3, -0.25) is 9.78 Å². The van der Waals surface area contributed by atoms with Gasteiger partial charge in [0.25, 0.3) is 5.91 Å². The highest BCUT2D eigenvalue weighted by atomic mass is 35.5. The van der Waals surface area contributed by atoms with Crippen LogP contribution in [-0.4, -0.2) is 22.8 Å². The fourth-order valence-electron chi connectivity index (χ4n) is 3.58. The van der Waals surface area contributed by atoms with Gasteiger partial charge in [-0.15, -0.1) is 0 Å². The predicted octanol–water partition coefficient (Wildman–Crippen LogP) is 4.65. The van der Waals surface area contributed by atoms with Crippen molar-refractivity contribution >= 4 is 28.4 Å². The van der Waals surface area contributed by atoms with Gasteiger partial charge in [0.05, 0.1) is 11.1 Å². The van der Waals surface area contributed by atoms with E-state index < -0.39 is 0 Å². The Morgan fingerprint density at radius 2 is 1.88 bits per heavy atom. The van der Waals surface area contributed by atoms with Gasteiger partial charge in [0, 0.05) is 29.7 Å². The molecule has 0 atom stereocenters. The summed E-state index contributed by atoms with van der Waals surface area (Å²) in [6, 6.07) is 15.6. The number of pyridine rings is 1. The number of amides is 1. The predicted molar refractivity (Wildman–Crippen MR) is 101 cm³/mol. The molecule has 0 bridgehead atoms. The molecule has 126 valence electrons. The van der Waals surface area contributed by atoms with Crippen LogP contribution in [0, 0.1) is 0 Å². The second-order valence-corrected chi connectivity index (χ2v) is 7.01. The molecule has 25 heavy (non-hydrogen) atoms. The van der Waals surface area contributed by atoms with E-state index in [9.17, 15) is 4.79 Å². The molecule has 2 aromatic carbocycles. The van der Waals surface area contributed by atoms with Crippen molar-refractivity contribution in [2.75, 3.05) is 7.05 Å². The lowest BCUT2D eigenvalue weighted by Gasteiger charge is -2.20. The van der Waals surface area contributed by atoms with Crippen molar-refractivity contribution < 1.29 is 4.79 Å². The average Bonchev–Trinajstić information content (AvgIpc) is 3.09. The van der Waals surface area contributed by atoms with Crippen LogP contribution in [0.4, 0.5) is 0 Å². The van der Waals surface area contributed by atoms with E-state index >= 15 is 0 Å². The smallest absolute Gasteiger partial charge is 0.254 e. The van der Waals surface area contributed by atoms with Crippen LogP contribution < -0.4 is 0 Å². The monoisotopic (exact) mass is 350 g/mol. The summed E-state index contributed by atoms with van der Waals surface area (Å²) < 4.78 is 0. The van der Waals surface area contributed by atoms with E-state index in [4.69, 9.17) is 16.6 Å². The molecule has 0 N–H and O–H groups in total. The molecule has 0 spiro atoms. The van der Waals surface area contributed by atoms with Gasteiger partial charge in [0.15, 0.2) is 0 Å². The van der Waals surface area contributed by atoms with E-state index in [1.165, 1.54) is 0 Å². The van der Waals surface area contributed by atoms with Crippen LogP contribution in [0.5, 0.6) is 0 Å². The molecule has 0 saturated carbocycles. The van der Waals surface area contributed by atoms with Crippen LogP contribution in [0.25, 0.3) is 10.9 Å². The van der Waals surface area contributed by atoms with Crippen LogP contribution in [-0.2, 0) is 19.4 Å². The molecule has 0 saturated heterocycles. The molecule has 3 aromatic rings. The molecule has 0 fully saturated rings. The summed E-state index contributed by atoms with van der Waals surface area (Å²) in [4.78, 5) is 19.8. The van der Waals surface area contributed by atoms with Gasteiger partial charge >= 0.3 is 0 Å². The first kappa shape index (κ1) is 16.1. The zero-order valence-electron chi connectivity index (χ0n) is 14.1. The van der Waals surface area contributed by atoms with Gasteiger partial charge in [-0.05, 0) is 48.6 Å². The van der Waals surface area contributed by atoms with Gasteiger partial charge in [0.1, 0.15) is 0 Å². The third-order valence-corrected chi connectivity index (χ3v) is 5.06. The maximum Gasteiger partial charge on any atom is 0.254 e. The Balaban J connectivity index is 1.73. The van der Waals surface area contributed by atoms with Crippen molar-refractivity contribution in [1.29, 1.82) is 0 Å². The van der Waals surface area contributed by atoms with Gasteiger partial charge in [-0.1, -0.05) is 41.9 Å². The number of fused-ring (bicyclic) bond motifs is 2. The Morgan fingerprint density at radius 3 is 2.68 bits per heavy atom. The highest BCUT2D eigenvalue weighted by molar-refractivity contribution is 6.30. The van der Waals surface area contributed by atoms with E-state index in [0.717, 1.165) is 52.5 Å². The minimum Gasteiger partial charge on any atom is -0.337 e. The summed E-state index contributed by atoms with van der Waals surface area (Å²) in [5.74, 6) is 0.0618. The molecule has 1 aliphatic carbocycles. The molecule has 4 heteroatoms. The number of halogens is 1. The fourth-order valence-corrected chi connectivity index (χ4v) is 3.71. The third-order valence-electron chi connectivity index (χ3n) is 4.81. The van der Waals surface area contributed by atoms with Crippen LogP contribution >= 0.6 is 11.6 Å². The highest BCUT2D eigenvalue weighted by Gasteiger charge is 2.25. The number of carbonyl (C=O) groups excluding carboxylic acids is 1. The molecule has 1 aromatic heterocycles. The van der Waals surface area contributed by atoms with Crippen LogP contribution in [0.2, 0.25) is 5.02 Å². The maximum atomic E-state index is 13.3. The Hall–Kier alpha value is -2.39. The zero-order valence-corrected chi connectivity index (χ0v) is 14.9. The minimum absolute atomic E-state index is 0.0618. The van der Waals surface area contributed by atoms with Gasteiger partial charge in [-0.25, -0.2) is 0 Å². The van der Waals surface area contributed by atoms with Gasteiger partial charge in [0.2, 0.25) is 0 Å². The topological polar surface area (TPSA) is 33.2 Å². The molecule has 0 unspecified atom stereocenters. The maximum absolute atomic E-state index is 13.3. The molecule has 0 radical (unpaired) electrons. The third kappa shape index (κ3) is 3.00. The SMILES string of the molecule is CN(Cc1ccc(Cl)cc1)C(=O)c1c2c(nc3ccccc13)CCC2. The van der Waals surface area contributed by atoms with Crippen molar-refractivity contribution in [3.05, 3.63) is 75.9 Å². The summed E-state index contributed by atoms with van der Waals surface area (Å²) >= 11 is 5.95. The van der Waals surface area contributed by atoms with E-state index in [1.54, 1.807) is 4.90 Å². The number of hydrogen-bond acceptors (Lipinski definition) is 2. The summed E-state index contributed by atoms with van der Waals surface area (Å²) in [5.41, 5.74) is 5.02. The van der Waals surface area contributed by atoms with E-state index in [1.807, 2.05) is 55.6 Å². The number of nitrogens with zero attached hydrogens (tertiary/aromatic N) is 2. The average molecular weight is 351 g/mol. The van der Waals surface area contributed by atoms with Gasteiger partial charge < -0.3 is 4.90 Å². The summed E-state index contributed by atoms with van der Waals surface area (Å²) in [6.07, 6.45) is 2.96. The standard InChI is InChI=1S/C21H19ClN2O/c1-24(13-14-9-11-15(22)12-10-14)21(25)20-16-5-2-3-7-18(16)23-19-8-4-6-17(19)20/h2-3,5,7,9-12H,4,6,8,13H2,1H3. The number of para-hydroxylation sites is 1. The van der Waals surface area contributed by atoms with Crippen LogP contribution in [0.15, 0.2) is 48.5 Å². The zero-order chi connectivity index (χ0) is 17.4. The van der Waals surface area contributed by atoms with E-state index in [0.29, 0.717) is 11.6 Å². The Labute approximate surface area is 152 Å². The molecule has 1 aliphatic rings. The highest BCUT2D eigenvalue weighted by Crippen LogP contribution is 2.31. The Bertz CT molecular complexity index is 950. The van der Waals surface area contributed by atoms with Crippen LogP contribution in [0.1, 0.15) is 33.6 Å². The number of carbonyl (C=O) groups is 1. The van der Waals surface area contributed by atoms with Crippen molar-refractivity contribution in [3.63, 3.8) is 0 Å². The lowest BCUT2D eigenvalue weighted by molar-refractivity contribution is 0.0786. The molecular weight excluding hydrogens is 332 g/mol. The second kappa shape index (κ2) is 6.49. The molecule has 3 nitrogen and oxygen atoms in total. The van der Waals surface area contributed by atoms with Crippen molar-refractivity contribution in [1.82, 2.24) is 9.88 Å². The number of aromatic nitrogens is 1. The van der Waals surface area contributed by atoms with Crippen molar-refractivity contribution in [2.24, 2.45) is 0 Å². The number of hydrogen-bond donors (Lipinski definition) is 0. The van der Waals surface area contributed by atoms with Crippen LogP contribution in [0.3, 0.4) is 0 Å². The molecule has 1 amide bonds. The number of benzene rings is 2. The number of aryl methyl sites for hydroxylation is 1. The van der Waals surface area contributed by atoms with Crippen molar-refractivity contribution in [3.8, 4) is 0 Å². The molecule has 0 aliphatic heterocycles. The normalized spacial score (nSPS) is 13.0. The largest absolute Gasteiger partial charge is 0.337 e. The summed E-state index contributed by atoms with van der Waals surface area (Å²) in [7, 11) is 1.85. The lowest BCUT2D eigenvalue weighted by Crippen LogP contribution is -2.27. The number of rotatable bonds is 3. The minimum atomic E-state index is 0.0618. The second-order valence-electron chi connectivity index (χ2n) is 6.57. The molecular formula is C21H19ClN2O. The first-order chi connectivity index (χ1) is 12.1. The molecule has 4 rings (SSSR count). The summed E-state index contributed by atoms with van der Waals surface area (Å²) in [5, 5.41) is 1.66. The first-order valence-electron chi connectivity index (χ1n) is 8.54. The van der Waals surface area contributed by atoms with Gasteiger partial charge in [-0.2, -0.15) is 0 Å².